The zero-order chi connectivity index (χ0) is 27.1. The van der Waals surface area contributed by atoms with Crippen molar-refractivity contribution in [3.63, 3.8) is 0 Å². The third kappa shape index (κ3) is 6.09. The number of aromatic amines is 1. The molecule has 39 heavy (non-hydrogen) atoms. The van der Waals surface area contributed by atoms with Crippen LogP contribution in [0, 0.1) is 12.8 Å². The summed E-state index contributed by atoms with van der Waals surface area (Å²) < 4.78 is 40.2. The molecule has 4 aromatic rings. The first kappa shape index (κ1) is 25.8. The fraction of sp³-hybridized carbons (Fsp3) is 0.464. The van der Waals surface area contributed by atoms with Gasteiger partial charge in [0.05, 0.1) is 23.8 Å². The van der Waals surface area contributed by atoms with E-state index in [9.17, 15) is 13.2 Å². The molecule has 1 aliphatic carbocycles. The maximum absolute atomic E-state index is 12.7. The quantitative estimate of drug-likeness (QED) is 0.308. The summed E-state index contributed by atoms with van der Waals surface area (Å²) in [7, 11) is 0. The van der Waals surface area contributed by atoms with Crippen LogP contribution < -0.4 is 5.32 Å². The Hall–Kier alpha value is -3.44. The van der Waals surface area contributed by atoms with Crippen LogP contribution in [0.25, 0.3) is 22.2 Å². The average Bonchev–Trinajstić information content (AvgIpc) is 3.44. The number of H-pyrrole nitrogens is 1. The lowest BCUT2D eigenvalue weighted by Crippen LogP contribution is -2.49. The second kappa shape index (κ2) is 10.3. The fourth-order valence-corrected chi connectivity index (χ4v) is 5.37. The molecule has 4 heterocycles. The largest absolute Gasteiger partial charge is 0.401 e. The van der Waals surface area contributed by atoms with Crippen LogP contribution in [0.1, 0.15) is 36.9 Å². The summed E-state index contributed by atoms with van der Waals surface area (Å²) in [6.07, 6.45) is 4.22. The molecule has 1 atom stereocenters. The molecule has 206 valence electrons. The van der Waals surface area contributed by atoms with E-state index in [1.54, 1.807) is 6.20 Å². The van der Waals surface area contributed by atoms with Gasteiger partial charge in [-0.2, -0.15) is 18.3 Å². The van der Waals surface area contributed by atoms with Gasteiger partial charge in [0.25, 0.3) is 0 Å². The first-order valence-electron chi connectivity index (χ1n) is 13.5. The lowest BCUT2D eigenvalue weighted by molar-refractivity contribution is -0.149. The Morgan fingerprint density at radius 1 is 1.13 bits per heavy atom. The summed E-state index contributed by atoms with van der Waals surface area (Å²) in [4.78, 5) is 16.3. The van der Waals surface area contributed by atoms with Gasteiger partial charge in [-0.05, 0) is 73.6 Å². The van der Waals surface area contributed by atoms with E-state index >= 15 is 0 Å². The standard InChI is InChI=1S/C28H33F3N8/c1-18-11-24-25(13-23(18)22-14-33-39(16-22)15-20-3-4-20)35-27(34-24)36-26-12-21(5-6-32-26)19(2)38-9-7-37(8-10-38)17-28(29,30)31/h5-6,11-14,16,19-20H,3-4,7-10,15,17H2,1-2H3,(H2,32,34,35,36). The monoisotopic (exact) mass is 538 g/mol. The number of hydrogen-bond acceptors (Lipinski definition) is 6. The number of rotatable bonds is 8. The minimum absolute atomic E-state index is 0.0586. The minimum atomic E-state index is -4.16. The number of imidazole rings is 1. The van der Waals surface area contributed by atoms with Crippen molar-refractivity contribution in [3.8, 4) is 11.1 Å². The van der Waals surface area contributed by atoms with Crippen molar-refractivity contribution < 1.29 is 13.2 Å². The third-order valence-corrected chi connectivity index (χ3v) is 7.78. The van der Waals surface area contributed by atoms with Crippen LogP contribution in [-0.4, -0.2) is 73.4 Å². The van der Waals surface area contributed by atoms with Gasteiger partial charge in [0.2, 0.25) is 5.95 Å². The van der Waals surface area contributed by atoms with Gasteiger partial charge in [0.15, 0.2) is 0 Å². The number of benzene rings is 1. The summed E-state index contributed by atoms with van der Waals surface area (Å²) in [5.41, 5.74) is 6.20. The van der Waals surface area contributed by atoms with E-state index in [1.807, 2.05) is 23.0 Å². The Morgan fingerprint density at radius 2 is 1.92 bits per heavy atom. The fourth-order valence-electron chi connectivity index (χ4n) is 5.37. The number of alkyl halides is 3. The zero-order valence-electron chi connectivity index (χ0n) is 22.2. The second-order valence-electron chi connectivity index (χ2n) is 10.9. The average molecular weight is 539 g/mol. The van der Waals surface area contributed by atoms with E-state index < -0.39 is 12.7 Å². The van der Waals surface area contributed by atoms with Gasteiger partial charge < -0.3 is 10.3 Å². The molecule has 2 aliphatic rings. The SMILES string of the molecule is Cc1cc2[nH]c(Nc3cc(C(C)N4CCN(CC(F)(F)F)CC4)ccn3)nc2cc1-c1cnn(CC2CC2)c1. The highest BCUT2D eigenvalue weighted by Crippen LogP contribution is 2.32. The number of fused-ring (bicyclic) bond motifs is 1. The van der Waals surface area contributed by atoms with Crippen molar-refractivity contribution in [3.05, 3.63) is 54.0 Å². The van der Waals surface area contributed by atoms with Crippen LogP contribution in [0.4, 0.5) is 24.9 Å². The predicted octanol–water partition coefficient (Wildman–Crippen LogP) is 5.52. The van der Waals surface area contributed by atoms with Crippen LogP contribution in [0.3, 0.4) is 0 Å². The molecular weight excluding hydrogens is 505 g/mol. The molecule has 1 aliphatic heterocycles. The number of halogens is 3. The number of anilines is 2. The Bertz CT molecular complexity index is 1450. The van der Waals surface area contributed by atoms with Gasteiger partial charge in [-0.15, -0.1) is 0 Å². The molecule has 1 saturated carbocycles. The van der Waals surface area contributed by atoms with Crippen LogP contribution in [0.2, 0.25) is 0 Å². The summed E-state index contributed by atoms with van der Waals surface area (Å²) in [5, 5.41) is 7.84. The Balaban J connectivity index is 1.14. The van der Waals surface area contributed by atoms with E-state index in [-0.39, 0.29) is 6.04 Å². The van der Waals surface area contributed by atoms with Gasteiger partial charge >= 0.3 is 6.18 Å². The van der Waals surface area contributed by atoms with Crippen LogP contribution in [-0.2, 0) is 6.54 Å². The molecule has 0 spiro atoms. The molecule has 6 rings (SSSR count). The number of nitrogens with zero attached hydrogens (tertiary/aromatic N) is 6. The van der Waals surface area contributed by atoms with Crippen LogP contribution in [0.15, 0.2) is 42.9 Å². The van der Waals surface area contributed by atoms with Gasteiger partial charge in [-0.1, -0.05) is 0 Å². The van der Waals surface area contributed by atoms with Crippen LogP contribution in [0.5, 0.6) is 0 Å². The molecule has 11 heteroatoms. The maximum atomic E-state index is 12.7. The van der Waals surface area contributed by atoms with E-state index in [0.29, 0.717) is 37.9 Å². The molecule has 1 saturated heterocycles. The Kier molecular flexibility index (Phi) is 6.80. The molecule has 0 bridgehead atoms. The number of aromatic nitrogens is 5. The number of piperazine rings is 1. The van der Waals surface area contributed by atoms with Crippen molar-refractivity contribution in [2.24, 2.45) is 5.92 Å². The molecule has 2 N–H and O–H groups in total. The summed E-state index contributed by atoms with van der Waals surface area (Å²) >= 11 is 0. The van der Waals surface area contributed by atoms with Gasteiger partial charge in [-0.25, -0.2) is 9.97 Å². The van der Waals surface area contributed by atoms with Crippen molar-refractivity contribution in [1.82, 2.24) is 34.5 Å². The summed E-state index contributed by atoms with van der Waals surface area (Å²) in [5.74, 6) is 2.03. The van der Waals surface area contributed by atoms with Crippen molar-refractivity contribution >= 4 is 22.8 Å². The predicted molar refractivity (Wildman–Crippen MR) is 145 cm³/mol. The third-order valence-electron chi connectivity index (χ3n) is 7.78. The van der Waals surface area contributed by atoms with Crippen LogP contribution >= 0.6 is 0 Å². The van der Waals surface area contributed by atoms with Gasteiger partial charge in [0.1, 0.15) is 5.82 Å². The maximum Gasteiger partial charge on any atom is 0.401 e. The highest BCUT2D eigenvalue weighted by molar-refractivity contribution is 5.85. The molecule has 0 radical (unpaired) electrons. The Morgan fingerprint density at radius 3 is 2.67 bits per heavy atom. The first-order valence-corrected chi connectivity index (χ1v) is 13.5. The Labute approximate surface area is 225 Å². The highest BCUT2D eigenvalue weighted by atomic mass is 19.4. The lowest BCUT2D eigenvalue weighted by Gasteiger charge is -2.38. The number of pyridine rings is 1. The van der Waals surface area contributed by atoms with E-state index in [2.05, 4.69) is 57.5 Å². The molecule has 0 amide bonds. The summed E-state index contributed by atoms with van der Waals surface area (Å²) in [6.45, 7) is 6.30. The topological polar surface area (TPSA) is 77.9 Å². The molecule has 2 fully saturated rings. The van der Waals surface area contributed by atoms with Crippen molar-refractivity contribution in [1.29, 1.82) is 0 Å². The minimum Gasteiger partial charge on any atom is -0.324 e. The first-order chi connectivity index (χ1) is 18.7. The molecule has 1 aromatic carbocycles. The molecular formula is C28H33F3N8. The van der Waals surface area contributed by atoms with E-state index in [0.717, 1.165) is 45.7 Å². The number of nitrogens with one attached hydrogen (secondary N) is 2. The lowest BCUT2D eigenvalue weighted by atomic mass is 10.0. The van der Waals surface area contributed by atoms with Gasteiger partial charge in [-0.3, -0.25) is 14.5 Å². The highest BCUT2D eigenvalue weighted by Gasteiger charge is 2.33. The van der Waals surface area contributed by atoms with Gasteiger partial charge in [0, 0.05) is 56.7 Å². The number of hydrogen-bond donors (Lipinski definition) is 2. The zero-order valence-corrected chi connectivity index (χ0v) is 22.2. The van der Waals surface area contributed by atoms with Crippen molar-refractivity contribution in [2.75, 3.05) is 38.0 Å². The molecule has 3 aromatic heterocycles. The van der Waals surface area contributed by atoms with E-state index in [1.165, 1.54) is 17.7 Å². The smallest absolute Gasteiger partial charge is 0.324 e. The van der Waals surface area contributed by atoms with Crippen molar-refractivity contribution in [2.45, 2.75) is 45.5 Å². The second-order valence-corrected chi connectivity index (χ2v) is 10.9. The normalized spacial score (nSPS) is 18.1. The molecule has 1 unspecified atom stereocenters. The van der Waals surface area contributed by atoms with E-state index in [4.69, 9.17) is 4.98 Å². The summed E-state index contributed by atoms with van der Waals surface area (Å²) in [6, 6.07) is 8.18. The molecule has 8 nitrogen and oxygen atoms in total. The number of aryl methyl sites for hydroxylation is 1.